The number of phenols is 1. The summed E-state index contributed by atoms with van der Waals surface area (Å²) in [6, 6.07) is 6.36. The molecule has 0 aliphatic heterocycles. The van der Waals surface area contributed by atoms with E-state index >= 15 is 0 Å². The number of aromatic hydroxyl groups is 1. The number of hydrogen-bond acceptors (Lipinski definition) is 2. The molecule has 0 saturated heterocycles. The van der Waals surface area contributed by atoms with Crippen LogP contribution in [0, 0.1) is 5.92 Å². The van der Waals surface area contributed by atoms with Crippen LogP contribution in [0.4, 0.5) is 0 Å². The quantitative estimate of drug-likeness (QED) is 0.482. The van der Waals surface area contributed by atoms with Gasteiger partial charge in [-0.15, -0.1) is 0 Å². The van der Waals surface area contributed by atoms with Crippen molar-refractivity contribution in [2.45, 2.75) is 109 Å². The Morgan fingerprint density at radius 1 is 1.04 bits per heavy atom. The van der Waals surface area contributed by atoms with Crippen LogP contribution in [0.3, 0.4) is 0 Å². The van der Waals surface area contributed by atoms with Gasteiger partial charge in [-0.3, -0.25) is 0 Å². The predicted molar refractivity (Wildman–Crippen MR) is 111 cm³/mol. The van der Waals surface area contributed by atoms with Crippen LogP contribution in [-0.2, 0) is 5.41 Å². The van der Waals surface area contributed by atoms with Gasteiger partial charge in [0, 0.05) is 0 Å². The van der Waals surface area contributed by atoms with Crippen molar-refractivity contribution in [2.24, 2.45) is 5.92 Å². The lowest BCUT2D eigenvalue weighted by molar-refractivity contribution is 0.0901. The summed E-state index contributed by atoms with van der Waals surface area (Å²) < 4.78 is 0. The molecule has 1 saturated carbocycles. The third kappa shape index (κ3) is 5.49. The van der Waals surface area contributed by atoms with Crippen LogP contribution >= 0.6 is 0 Å². The number of aliphatic hydroxyl groups is 1. The van der Waals surface area contributed by atoms with E-state index in [1.54, 1.807) is 0 Å². The molecule has 2 heteroatoms. The zero-order valence-electron chi connectivity index (χ0n) is 17.4. The monoisotopic (exact) mass is 360 g/mol. The zero-order valence-corrected chi connectivity index (χ0v) is 17.4. The number of rotatable bonds is 9. The molecule has 0 aromatic heterocycles. The molecule has 1 aliphatic carbocycles. The first kappa shape index (κ1) is 21.3. The fourth-order valence-corrected chi connectivity index (χ4v) is 4.72. The van der Waals surface area contributed by atoms with E-state index in [0.29, 0.717) is 17.6 Å². The molecule has 2 nitrogen and oxygen atoms in total. The topological polar surface area (TPSA) is 40.5 Å². The fraction of sp³-hybridized carbons (Fsp3) is 0.750. The highest BCUT2D eigenvalue weighted by Crippen LogP contribution is 2.44. The summed E-state index contributed by atoms with van der Waals surface area (Å²) in [5, 5.41) is 21.0. The zero-order chi connectivity index (χ0) is 19.2. The highest BCUT2D eigenvalue weighted by Gasteiger charge is 2.32. The van der Waals surface area contributed by atoms with E-state index in [4.69, 9.17) is 0 Å². The SMILES string of the molecule is CCCCCCC(C)(C)c1ccc([C@H]2C[C@H](O)CC[C@@H]2CCC)c(O)c1. The number of aliphatic hydroxyl groups excluding tert-OH is 1. The Hall–Kier alpha value is -1.02. The minimum atomic E-state index is -0.220. The standard InChI is InChI=1S/C24H40O2/c1-5-7-8-9-15-24(3,4)19-12-14-21(23(26)16-19)22-17-20(25)13-11-18(22)10-6-2/h12,14,16,18,20,22,25-26H,5-11,13,15,17H2,1-4H3/t18-,20+,22-/m0/s1. The van der Waals surface area contributed by atoms with E-state index in [9.17, 15) is 10.2 Å². The molecule has 0 heterocycles. The molecular formula is C24H40O2. The lowest BCUT2D eigenvalue weighted by Gasteiger charge is -2.35. The molecule has 2 rings (SSSR count). The normalized spacial score (nSPS) is 24.0. The lowest BCUT2D eigenvalue weighted by atomic mass is 9.71. The molecule has 26 heavy (non-hydrogen) atoms. The highest BCUT2D eigenvalue weighted by molar-refractivity contribution is 5.42. The second kappa shape index (κ2) is 9.78. The maximum Gasteiger partial charge on any atom is 0.119 e. The molecule has 1 aliphatic rings. The molecule has 3 atom stereocenters. The second-order valence-electron chi connectivity index (χ2n) is 9.09. The summed E-state index contributed by atoms with van der Waals surface area (Å²) in [6.45, 7) is 9.05. The Kier molecular flexibility index (Phi) is 8.01. The summed E-state index contributed by atoms with van der Waals surface area (Å²) in [5.74, 6) is 1.31. The third-order valence-corrected chi connectivity index (χ3v) is 6.49. The molecule has 0 amide bonds. The van der Waals surface area contributed by atoms with Gasteiger partial charge in [0.2, 0.25) is 0 Å². The molecular weight excluding hydrogens is 320 g/mol. The average Bonchev–Trinajstić information content (AvgIpc) is 2.60. The Morgan fingerprint density at radius 2 is 1.81 bits per heavy atom. The van der Waals surface area contributed by atoms with Gasteiger partial charge in [-0.25, -0.2) is 0 Å². The first-order valence-corrected chi connectivity index (χ1v) is 10.9. The van der Waals surface area contributed by atoms with Crippen molar-refractivity contribution in [2.75, 3.05) is 0 Å². The minimum Gasteiger partial charge on any atom is -0.508 e. The Morgan fingerprint density at radius 3 is 2.46 bits per heavy atom. The predicted octanol–water partition coefficient (Wildman–Crippen LogP) is 6.68. The van der Waals surface area contributed by atoms with E-state index < -0.39 is 0 Å². The molecule has 148 valence electrons. The first-order valence-electron chi connectivity index (χ1n) is 10.9. The van der Waals surface area contributed by atoms with Gasteiger partial charge in [0.15, 0.2) is 0 Å². The minimum absolute atomic E-state index is 0.0959. The summed E-state index contributed by atoms with van der Waals surface area (Å²) in [6.07, 6.45) is 11.2. The van der Waals surface area contributed by atoms with Crippen molar-refractivity contribution in [3.63, 3.8) is 0 Å². The van der Waals surface area contributed by atoms with Gasteiger partial charge < -0.3 is 10.2 Å². The molecule has 2 N–H and O–H groups in total. The van der Waals surface area contributed by atoms with Gasteiger partial charge >= 0.3 is 0 Å². The van der Waals surface area contributed by atoms with Crippen LogP contribution in [0.25, 0.3) is 0 Å². The van der Waals surface area contributed by atoms with Gasteiger partial charge in [0.05, 0.1) is 6.10 Å². The van der Waals surface area contributed by atoms with Crippen molar-refractivity contribution in [1.82, 2.24) is 0 Å². The molecule has 1 fully saturated rings. The first-order chi connectivity index (χ1) is 12.4. The van der Waals surface area contributed by atoms with Crippen LogP contribution in [0.1, 0.15) is 109 Å². The summed E-state index contributed by atoms with van der Waals surface area (Å²) in [7, 11) is 0. The Balaban J connectivity index is 2.14. The van der Waals surface area contributed by atoms with Crippen LogP contribution in [0.5, 0.6) is 5.75 Å². The van der Waals surface area contributed by atoms with Gasteiger partial charge in [0.1, 0.15) is 5.75 Å². The molecule has 0 radical (unpaired) electrons. The highest BCUT2D eigenvalue weighted by atomic mass is 16.3. The number of phenolic OH excluding ortho intramolecular Hbond substituents is 1. The van der Waals surface area contributed by atoms with E-state index in [1.165, 1.54) is 44.1 Å². The Labute approximate surface area is 161 Å². The van der Waals surface area contributed by atoms with Crippen molar-refractivity contribution in [3.05, 3.63) is 29.3 Å². The average molecular weight is 361 g/mol. The lowest BCUT2D eigenvalue weighted by Crippen LogP contribution is -2.26. The van der Waals surface area contributed by atoms with Crippen LogP contribution in [-0.4, -0.2) is 16.3 Å². The van der Waals surface area contributed by atoms with Crippen molar-refractivity contribution < 1.29 is 10.2 Å². The van der Waals surface area contributed by atoms with Crippen molar-refractivity contribution in [3.8, 4) is 5.75 Å². The summed E-state index contributed by atoms with van der Waals surface area (Å²) in [5.41, 5.74) is 2.38. The van der Waals surface area contributed by atoms with Gasteiger partial charge in [0.25, 0.3) is 0 Å². The Bertz CT molecular complexity index is 549. The maximum absolute atomic E-state index is 10.8. The summed E-state index contributed by atoms with van der Waals surface area (Å²) >= 11 is 0. The molecule has 0 unspecified atom stereocenters. The van der Waals surface area contributed by atoms with Crippen molar-refractivity contribution >= 4 is 0 Å². The smallest absolute Gasteiger partial charge is 0.119 e. The summed E-state index contributed by atoms with van der Waals surface area (Å²) in [4.78, 5) is 0. The number of benzene rings is 1. The third-order valence-electron chi connectivity index (χ3n) is 6.49. The maximum atomic E-state index is 10.8. The molecule has 1 aromatic rings. The van der Waals surface area contributed by atoms with E-state index in [-0.39, 0.29) is 11.5 Å². The number of unbranched alkanes of at least 4 members (excludes halogenated alkanes) is 3. The second-order valence-corrected chi connectivity index (χ2v) is 9.09. The van der Waals surface area contributed by atoms with E-state index in [0.717, 1.165) is 31.2 Å². The van der Waals surface area contributed by atoms with Crippen LogP contribution < -0.4 is 0 Å². The van der Waals surface area contributed by atoms with Gasteiger partial charge in [-0.1, -0.05) is 78.4 Å². The number of hydrogen-bond donors (Lipinski definition) is 2. The van der Waals surface area contributed by atoms with Crippen molar-refractivity contribution in [1.29, 1.82) is 0 Å². The largest absolute Gasteiger partial charge is 0.508 e. The molecule has 0 bridgehead atoms. The molecule has 0 spiro atoms. The van der Waals surface area contributed by atoms with Gasteiger partial charge in [-0.05, 0) is 60.1 Å². The van der Waals surface area contributed by atoms with Crippen LogP contribution in [0.2, 0.25) is 0 Å². The molecule has 1 aromatic carbocycles. The van der Waals surface area contributed by atoms with E-state index in [1.807, 2.05) is 6.07 Å². The van der Waals surface area contributed by atoms with Gasteiger partial charge in [-0.2, -0.15) is 0 Å². The van der Waals surface area contributed by atoms with Crippen LogP contribution in [0.15, 0.2) is 18.2 Å². The fourth-order valence-electron chi connectivity index (χ4n) is 4.72. The van der Waals surface area contributed by atoms with E-state index in [2.05, 4.69) is 39.8 Å².